The molecule has 0 radical (unpaired) electrons. The Morgan fingerprint density at radius 1 is 0.970 bits per heavy atom. The summed E-state index contributed by atoms with van der Waals surface area (Å²) in [6, 6.07) is 26.2. The maximum atomic E-state index is 13.0. The van der Waals surface area contributed by atoms with Crippen LogP contribution in [0.25, 0.3) is 11.3 Å². The van der Waals surface area contributed by atoms with Crippen molar-refractivity contribution in [3.63, 3.8) is 0 Å². The van der Waals surface area contributed by atoms with E-state index in [1.807, 2.05) is 60.7 Å². The molecule has 1 heterocycles. The third-order valence-electron chi connectivity index (χ3n) is 4.95. The second-order valence-corrected chi connectivity index (χ2v) is 7.52. The molecule has 3 aromatic carbocycles. The third-order valence-corrected chi connectivity index (χ3v) is 5.28. The van der Waals surface area contributed by atoms with Crippen LogP contribution >= 0.6 is 11.6 Å². The number of carbonyl (C=O) groups excluding carboxylic acids is 1. The number of hydrogen-bond donors (Lipinski definition) is 1. The van der Waals surface area contributed by atoms with Gasteiger partial charge < -0.3 is 4.42 Å². The van der Waals surface area contributed by atoms with E-state index in [1.54, 1.807) is 12.1 Å². The van der Waals surface area contributed by atoms with Crippen LogP contribution in [-0.4, -0.2) is 17.0 Å². The molecule has 0 aliphatic heterocycles. The molecule has 164 valence electrons. The number of furan rings is 1. The fraction of sp³-hybridized carbons (Fsp3) is 0.0400. The molecule has 33 heavy (non-hydrogen) atoms. The molecule has 1 amide bonds. The number of amides is 1. The van der Waals surface area contributed by atoms with Crippen LogP contribution in [0.5, 0.6) is 0 Å². The standard InChI is InChI=1S/C25H18ClN3O4/c26-22-13-11-19(29(31)32)15-21(22)23-14-12-20(33-23)16-27-28-25(30)24(17-7-3-1-4-8-17)18-9-5-2-6-10-18/h1-16,24H,(H,28,30). The molecule has 0 aliphatic rings. The number of non-ortho nitro benzene ring substituents is 1. The number of hydrazone groups is 1. The first kappa shape index (κ1) is 22.0. The van der Waals surface area contributed by atoms with Crippen molar-refractivity contribution in [1.29, 1.82) is 0 Å². The van der Waals surface area contributed by atoms with Gasteiger partial charge in [0.1, 0.15) is 11.5 Å². The molecule has 0 spiro atoms. The van der Waals surface area contributed by atoms with Crippen LogP contribution in [0.4, 0.5) is 5.69 Å². The number of nitrogens with zero attached hydrogens (tertiary/aromatic N) is 2. The smallest absolute Gasteiger partial charge is 0.270 e. The van der Waals surface area contributed by atoms with Crippen molar-refractivity contribution in [2.24, 2.45) is 5.10 Å². The number of halogens is 1. The minimum absolute atomic E-state index is 0.0962. The normalized spacial score (nSPS) is 11.1. The van der Waals surface area contributed by atoms with E-state index in [0.29, 0.717) is 22.1 Å². The van der Waals surface area contributed by atoms with Gasteiger partial charge in [-0.2, -0.15) is 5.10 Å². The molecule has 1 aromatic heterocycles. The summed E-state index contributed by atoms with van der Waals surface area (Å²) in [4.78, 5) is 23.5. The molecule has 4 rings (SSSR count). The van der Waals surface area contributed by atoms with Crippen LogP contribution in [0.2, 0.25) is 5.02 Å². The number of benzene rings is 3. The number of nitrogens with one attached hydrogen (secondary N) is 1. The fourth-order valence-corrected chi connectivity index (χ4v) is 3.60. The van der Waals surface area contributed by atoms with Crippen LogP contribution in [0.15, 0.2) is 101 Å². The van der Waals surface area contributed by atoms with Crippen LogP contribution < -0.4 is 5.43 Å². The molecular weight excluding hydrogens is 442 g/mol. The van der Waals surface area contributed by atoms with Gasteiger partial charge in [0.2, 0.25) is 0 Å². The summed E-state index contributed by atoms with van der Waals surface area (Å²) in [5.41, 5.74) is 4.55. The number of hydrogen-bond acceptors (Lipinski definition) is 5. The highest BCUT2D eigenvalue weighted by atomic mass is 35.5. The van der Waals surface area contributed by atoms with Gasteiger partial charge in [0, 0.05) is 17.7 Å². The van der Waals surface area contributed by atoms with Crippen molar-refractivity contribution in [3.8, 4) is 11.3 Å². The SMILES string of the molecule is O=C(NN=Cc1ccc(-c2cc([N+](=O)[O-])ccc2Cl)o1)C(c1ccccc1)c1ccccc1. The van der Waals surface area contributed by atoms with Crippen molar-refractivity contribution >= 4 is 29.4 Å². The molecule has 7 nitrogen and oxygen atoms in total. The summed E-state index contributed by atoms with van der Waals surface area (Å²) >= 11 is 6.17. The molecule has 0 bridgehead atoms. The summed E-state index contributed by atoms with van der Waals surface area (Å²) in [5.74, 6) is -0.121. The van der Waals surface area contributed by atoms with Crippen molar-refractivity contribution in [2.45, 2.75) is 5.92 Å². The minimum Gasteiger partial charge on any atom is -0.455 e. The summed E-state index contributed by atoms with van der Waals surface area (Å²) < 4.78 is 5.69. The lowest BCUT2D eigenvalue weighted by Crippen LogP contribution is -2.26. The van der Waals surface area contributed by atoms with Gasteiger partial charge in [0.25, 0.3) is 11.6 Å². The highest BCUT2D eigenvalue weighted by Crippen LogP contribution is 2.32. The van der Waals surface area contributed by atoms with Crippen LogP contribution in [0.3, 0.4) is 0 Å². The topological polar surface area (TPSA) is 97.7 Å². The second-order valence-electron chi connectivity index (χ2n) is 7.11. The first-order valence-electron chi connectivity index (χ1n) is 10.00. The Morgan fingerprint density at radius 3 is 2.21 bits per heavy atom. The first-order valence-corrected chi connectivity index (χ1v) is 10.4. The highest BCUT2D eigenvalue weighted by Gasteiger charge is 2.22. The van der Waals surface area contributed by atoms with E-state index in [-0.39, 0.29) is 11.6 Å². The Kier molecular flexibility index (Phi) is 6.61. The molecule has 0 atom stereocenters. The van der Waals surface area contributed by atoms with E-state index in [4.69, 9.17) is 16.0 Å². The summed E-state index contributed by atoms with van der Waals surface area (Å²) in [7, 11) is 0. The van der Waals surface area contributed by atoms with Gasteiger partial charge >= 0.3 is 0 Å². The largest absolute Gasteiger partial charge is 0.455 e. The molecule has 0 fully saturated rings. The van der Waals surface area contributed by atoms with Crippen molar-refractivity contribution in [1.82, 2.24) is 5.43 Å². The second kappa shape index (κ2) is 9.93. The predicted molar refractivity (Wildman–Crippen MR) is 126 cm³/mol. The molecule has 4 aromatic rings. The lowest BCUT2D eigenvalue weighted by Gasteiger charge is -2.16. The van der Waals surface area contributed by atoms with Crippen molar-refractivity contribution in [2.75, 3.05) is 0 Å². The Labute approximate surface area is 194 Å². The molecule has 0 aliphatic carbocycles. The van der Waals surface area contributed by atoms with Gasteiger partial charge in [-0.05, 0) is 29.3 Å². The fourth-order valence-electron chi connectivity index (χ4n) is 3.39. The zero-order chi connectivity index (χ0) is 23.2. The maximum absolute atomic E-state index is 13.0. The lowest BCUT2D eigenvalue weighted by molar-refractivity contribution is -0.384. The molecular formula is C25H18ClN3O4. The van der Waals surface area contributed by atoms with E-state index in [9.17, 15) is 14.9 Å². The van der Waals surface area contributed by atoms with Gasteiger partial charge in [-0.1, -0.05) is 72.3 Å². The predicted octanol–water partition coefficient (Wildman–Crippen LogP) is 5.79. The van der Waals surface area contributed by atoms with E-state index < -0.39 is 10.8 Å². The summed E-state index contributed by atoms with van der Waals surface area (Å²) in [6.07, 6.45) is 1.36. The van der Waals surface area contributed by atoms with E-state index in [2.05, 4.69) is 10.5 Å². The van der Waals surface area contributed by atoms with Gasteiger partial charge in [0.15, 0.2) is 0 Å². The average molecular weight is 460 g/mol. The van der Waals surface area contributed by atoms with Crippen LogP contribution in [-0.2, 0) is 4.79 Å². The monoisotopic (exact) mass is 459 g/mol. The zero-order valence-corrected chi connectivity index (χ0v) is 18.0. The van der Waals surface area contributed by atoms with Gasteiger partial charge in [-0.15, -0.1) is 0 Å². The first-order chi connectivity index (χ1) is 16.0. The third kappa shape index (κ3) is 5.16. The molecule has 0 saturated heterocycles. The number of nitro groups is 1. The summed E-state index contributed by atoms with van der Waals surface area (Å²) in [5, 5.41) is 15.4. The Hall–Kier alpha value is -4.23. The summed E-state index contributed by atoms with van der Waals surface area (Å²) in [6.45, 7) is 0. The average Bonchev–Trinajstić information content (AvgIpc) is 3.29. The van der Waals surface area contributed by atoms with E-state index in [0.717, 1.165) is 11.1 Å². The Balaban J connectivity index is 1.51. The van der Waals surface area contributed by atoms with E-state index in [1.165, 1.54) is 24.4 Å². The van der Waals surface area contributed by atoms with Crippen LogP contribution in [0, 0.1) is 10.1 Å². The van der Waals surface area contributed by atoms with E-state index >= 15 is 0 Å². The van der Waals surface area contributed by atoms with Crippen molar-refractivity contribution < 1.29 is 14.1 Å². The highest BCUT2D eigenvalue weighted by molar-refractivity contribution is 6.33. The van der Waals surface area contributed by atoms with Gasteiger partial charge in [-0.25, -0.2) is 5.43 Å². The Bertz CT molecular complexity index is 1260. The molecule has 0 saturated carbocycles. The number of nitro benzene ring substituents is 1. The maximum Gasteiger partial charge on any atom is 0.270 e. The molecule has 8 heteroatoms. The molecule has 0 unspecified atom stereocenters. The number of rotatable bonds is 7. The van der Waals surface area contributed by atoms with Crippen LogP contribution in [0.1, 0.15) is 22.8 Å². The van der Waals surface area contributed by atoms with Gasteiger partial charge in [-0.3, -0.25) is 14.9 Å². The van der Waals surface area contributed by atoms with Gasteiger partial charge in [0.05, 0.1) is 22.1 Å². The Morgan fingerprint density at radius 2 is 1.61 bits per heavy atom. The lowest BCUT2D eigenvalue weighted by atomic mass is 9.91. The minimum atomic E-state index is -0.527. The quantitative estimate of drug-likeness (QED) is 0.215. The van der Waals surface area contributed by atoms with Crippen molar-refractivity contribution in [3.05, 3.63) is 123 Å². The zero-order valence-electron chi connectivity index (χ0n) is 17.2. The molecule has 1 N–H and O–H groups in total. The number of carbonyl (C=O) groups is 1.